The summed E-state index contributed by atoms with van der Waals surface area (Å²) < 4.78 is 34.2. The molecule has 0 aliphatic carbocycles. The number of aliphatic hydroxyl groups excluding tert-OH is 11. The van der Waals surface area contributed by atoms with Gasteiger partial charge in [0, 0.05) is 6.42 Å². The van der Waals surface area contributed by atoms with Crippen molar-refractivity contribution in [3.63, 3.8) is 0 Å². The highest BCUT2D eigenvalue weighted by atomic mass is 16.8. The Morgan fingerprint density at radius 3 is 1.37 bits per heavy atom. The van der Waals surface area contributed by atoms with Crippen molar-refractivity contribution in [1.82, 2.24) is 5.32 Å². The second-order valence-corrected chi connectivity index (χ2v) is 21.8. The Morgan fingerprint density at radius 1 is 0.468 bits per heavy atom. The lowest BCUT2D eigenvalue weighted by atomic mass is 9.96. The summed E-state index contributed by atoms with van der Waals surface area (Å²) in [6.07, 6.45) is 21.0. The van der Waals surface area contributed by atoms with E-state index in [0.29, 0.717) is 12.8 Å². The molecule has 17 unspecified atom stereocenters. The lowest BCUT2D eigenvalue weighted by Gasteiger charge is -2.48. The maximum absolute atomic E-state index is 13.3. The van der Waals surface area contributed by atoms with E-state index in [2.05, 4.69) is 67.8 Å². The number of ether oxygens (including phenoxy) is 6. The lowest BCUT2D eigenvalue weighted by molar-refractivity contribution is -0.379. The molecule has 0 aromatic rings. The molecule has 460 valence electrons. The molecule has 3 rings (SSSR count). The second-order valence-electron chi connectivity index (χ2n) is 21.8. The molecule has 3 aliphatic rings. The predicted molar refractivity (Wildman–Crippen MR) is 300 cm³/mol. The molecule has 12 N–H and O–H groups in total. The van der Waals surface area contributed by atoms with Crippen molar-refractivity contribution in [3.8, 4) is 0 Å². The quantitative estimate of drug-likeness (QED) is 0.0265. The molecule has 1 amide bonds. The number of carbonyl (C=O) groups is 1. The van der Waals surface area contributed by atoms with Gasteiger partial charge in [-0.1, -0.05) is 184 Å². The molecule has 0 saturated carbocycles. The van der Waals surface area contributed by atoms with Crippen molar-refractivity contribution in [3.05, 3.63) is 48.6 Å². The van der Waals surface area contributed by atoms with Crippen LogP contribution >= 0.6 is 0 Å². The van der Waals surface area contributed by atoms with Crippen LogP contribution in [0.25, 0.3) is 0 Å². The summed E-state index contributed by atoms with van der Waals surface area (Å²) in [7, 11) is 0. The first-order chi connectivity index (χ1) is 38.3. The number of hydrogen-bond donors (Lipinski definition) is 12. The summed E-state index contributed by atoms with van der Waals surface area (Å²) in [4.78, 5) is 13.3. The van der Waals surface area contributed by atoms with Crippen molar-refractivity contribution in [2.24, 2.45) is 0 Å². The molecule has 79 heavy (non-hydrogen) atoms. The number of amides is 1. The van der Waals surface area contributed by atoms with Gasteiger partial charge < -0.3 is 89.9 Å². The fourth-order valence-electron chi connectivity index (χ4n) is 10.2. The Kier molecular flexibility index (Phi) is 39.0. The van der Waals surface area contributed by atoms with Crippen LogP contribution in [0.2, 0.25) is 0 Å². The van der Waals surface area contributed by atoms with Crippen LogP contribution in [0.3, 0.4) is 0 Å². The molecule has 0 aromatic heterocycles. The van der Waals surface area contributed by atoms with Crippen LogP contribution < -0.4 is 5.32 Å². The van der Waals surface area contributed by atoms with Gasteiger partial charge in [-0.2, -0.15) is 0 Å². The van der Waals surface area contributed by atoms with E-state index in [4.69, 9.17) is 28.4 Å². The Balaban J connectivity index is 1.37. The minimum absolute atomic E-state index is 0.250. The van der Waals surface area contributed by atoms with E-state index in [1.165, 1.54) is 77.0 Å². The van der Waals surface area contributed by atoms with Crippen molar-refractivity contribution >= 4 is 5.91 Å². The molecule has 0 bridgehead atoms. The van der Waals surface area contributed by atoms with Gasteiger partial charge in [0.25, 0.3) is 0 Å². The van der Waals surface area contributed by atoms with Crippen LogP contribution in [0.4, 0.5) is 0 Å². The van der Waals surface area contributed by atoms with Gasteiger partial charge in [-0.3, -0.25) is 4.79 Å². The third-order valence-electron chi connectivity index (χ3n) is 15.2. The molecule has 17 atom stereocenters. The van der Waals surface area contributed by atoms with Gasteiger partial charge in [0.2, 0.25) is 5.91 Å². The van der Waals surface area contributed by atoms with Gasteiger partial charge in [0.1, 0.15) is 73.2 Å². The van der Waals surface area contributed by atoms with Crippen LogP contribution in [0.1, 0.15) is 194 Å². The monoisotopic (exact) mass is 1130 g/mol. The molecule has 3 fully saturated rings. The van der Waals surface area contributed by atoms with Gasteiger partial charge in [0.15, 0.2) is 18.9 Å². The van der Waals surface area contributed by atoms with Crippen LogP contribution in [0.5, 0.6) is 0 Å². The minimum Gasteiger partial charge on any atom is -0.394 e. The van der Waals surface area contributed by atoms with E-state index in [1.807, 2.05) is 0 Å². The van der Waals surface area contributed by atoms with Gasteiger partial charge >= 0.3 is 0 Å². The zero-order chi connectivity index (χ0) is 57.6. The number of hydrogen-bond acceptors (Lipinski definition) is 18. The summed E-state index contributed by atoms with van der Waals surface area (Å²) in [5, 5.41) is 120. The van der Waals surface area contributed by atoms with Crippen molar-refractivity contribution in [2.45, 2.75) is 298 Å². The molecule has 19 nitrogen and oxygen atoms in total. The zero-order valence-corrected chi connectivity index (χ0v) is 47.8. The van der Waals surface area contributed by atoms with Gasteiger partial charge in [0.05, 0.1) is 38.6 Å². The highest BCUT2D eigenvalue weighted by Crippen LogP contribution is 2.33. The maximum Gasteiger partial charge on any atom is 0.220 e. The third-order valence-corrected chi connectivity index (χ3v) is 15.2. The smallest absolute Gasteiger partial charge is 0.220 e. The highest BCUT2D eigenvalue weighted by molar-refractivity contribution is 5.76. The van der Waals surface area contributed by atoms with E-state index in [0.717, 1.165) is 83.5 Å². The minimum atomic E-state index is -1.97. The summed E-state index contributed by atoms with van der Waals surface area (Å²) in [6, 6.07) is -0.885. The van der Waals surface area contributed by atoms with Gasteiger partial charge in [-0.05, 0) is 51.4 Å². The van der Waals surface area contributed by atoms with Gasteiger partial charge in [-0.15, -0.1) is 0 Å². The third kappa shape index (κ3) is 27.3. The van der Waals surface area contributed by atoms with E-state index in [1.54, 1.807) is 0 Å². The normalized spacial score (nSPS) is 30.6. The SMILES string of the molecule is CC/C=C\C/C=C\C/C=C\C/C=C\CCCCCCCCCCCCCCCCC(=O)NC(COC1OC(CO)C(OC2OC(CO)C(OC3OC(CO)C(O)C(O)C3O)C(O)C2O)C(O)C1O)C(O)CCCCCCCCC. The Labute approximate surface area is 472 Å². The molecule has 0 spiro atoms. The molecular formula is C60H107NO18. The number of aliphatic hydroxyl groups is 11. The first-order valence-electron chi connectivity index (χ1n) is 30.4. The molecule has 3 heterocycles. The highest BCUT2D eigenvalue weighted by Gasteiger charge is 2.53. The summed E-state index contributed by atoms with van der Waals surface area (Å²) in [5.74, 6) is -0.250. The summed E-state index contributed by atoms with van der Waals surface area (Å²) in [5.41, 5.74) is 0. The maximum atomic E-state index is 13.3. The largest absolute Gasteiger partial charge is 0.394 e. The number of allylic oxidation sites excluding steroid dienone is 8. The van der Waals surface area contributed by atoms with E-state index in [-0.39, 0.29) is 18.9 Å². The Hall–Kier alpha value is -2.25. The van der Waals surface area contributed by atoms with Crippen LogP contribution in [0, 0.1) is 0 Å². The van der Waals surface area contributed by atoms with Crippen LogP contribution in [-0.2, 0) is 33.2 Å². The summed E-state index contributed by atoms with van der Waals surface area (Å²) >= 11 is 0. The van der Waals surface area contributed by atoms with E-state index >= 15 is 0 Å². The predicted octanol–water partition coefficient (Wildman–Crippen LogP) is 5.48. The molecule has 19 heteroatoms. The average molecular weight is 1130 g/mol. The molecule has 3 aliphatic heterocycles. The first kappa shape index (κ1) is 71.0. The molecular weight excluding hydrogens is 1020 g/mol. The zero-order valence-electron chi connectivity index (χ0n) is 47.8. The standard InChI is InChI=1S/C60H107NO18/c1-3-5-7-9-11-12-13-14-15-16-17-18-19-20-21-22-23-24-25-26-27-28-29-30-32-34-36-38-48(66)61-43(44(65)37-35-33-31-10-8-6-4-2)42-74-58-54(72)51(69)56(46(40-63)76-58)79-60-55(73)52(70)57(47(41-64)77-60)78-59-53(71)50(68)49(67)45(39-62)75-59/h5,7,11-12,14-15,17-18,43-47,49-60,62-65,67-73H,3-4,6,8-10,13,16,19-42H2,1-2H3,(H,61,66)/b7-5-,12-11-,15-14-,18-17-. The lowest BCUT2D eigenvalue weighted by Crippen LogP contribution is -2.66. The number of rotatable bonds is 44. The molecule has 3 saturated heterocycles. The topological polar surface area (TPSA) is 307 Å². The molecule has 0 aromatic carbocycles. The summed E-state index contributed by atoms with van der Waals surface area (Å²) in [6.45, 7) is 1.60. The van der Waals surface area contributed by atoms with E-state index in [9.17, 15) is 61.0 Å². The van der Waals surface area contributed by atoms with Crippen molar-refractivity contribution < 1.29 is 89.4 Å². The number of nitrogens with one attached hydrogen (secondary N) is 1. The fourth-order valence-corrected chi connectivity index (χ4v) is 10.2. The number of carbonyl (C=O) groups excluding carboxylic acids is 1. The van der Waals surface area contributed by atoms with Crippen LogP contribution in [0.15, 0.2) is 48.6 Å². The van der Waals surface area contributed by atoms with E-state index < -0.39 is 124 Å². The first-order valence-corrected chi connectivity index (χ1v) is 30.4. The van der Waals surface area contributed by atoms with Crippen LogP contribution in [-0.4, -0.2) is 193 Å². The number of unbranched alkanes of at least 4 members (excludes halogenated alkanes) is 20. The average Bonchev–Trinajstić information content (AvgIpc) is 3.47. The van der Waals surface area contributed by atoms with Gasteiger partial charge in [-0.25, -0.2) is 0 Å². The van der Waals surface area contributed by atoms with Crippen molar-refractivity contribution in [1.29, 1.82) is 0 Å². The van der Waals surface area contributed by atoms with Crippen molar-refractivity contribution in [2.75, 3.05) is 26.4 Å². The second kappa shape index (κ2) is 43.4. The Bertz CT molecular complexity index is 1630. The molecule has 0 radical (unpaired) electrons. The Morgan fingerprint density at radius 2 is 0.873 bits per heavy atom. The fraction of sp³-hybridized carbons (Fsp3) is 0.850.